The lowest BCUT2D eigenvalue weighted by Crippen LogP contribution is -2.48. The summed E-state index contributed by atoms with van der Waals surface area (Å²) < 4.78 is 93.8. The van der Waals surface area contributed by atoms with Crippen LogP contribution < -0.4 is 5.32 Å². The molecule has 0 radical (unpaired) electrons. The van der Waals surface area contributed by atoms with Crippen LogP contribution in [0.15, 0.2) is 59.8 Å². The van der Waals surface area contributed by atoms with Crippen LogP contribution >= 0.6 is 0 Å². The standard InChI is InChI=1S/C25H23F5N4O3S/c1-14-9-22(34(15(14)2)38(36,37)20-6-4-19(26)5-7-20)23(35)31-11-17-10-16(3-8-21(17)27)18-12-32-24(33-13-18)25(28,29)30/h3-8,10,12-15,22H,9,11H2,1-2H3,(H,31,35)/t14-,15+,22+/m1/s1. The normalized spacial score (nSPS) is 20.4. The predicted octanol–water partition coefficient (Wildman–Crippen LogP) is 4.54. The van der Waals surface area contributed by atoms with E-state index in [1.54, 1.807) is 13.8 Å². The zero-order valence-corrected chi connectivity index (χ0v) is 21.0. The molecule has 1 aliphatic rings. The highest BCUT2D eigenvalue weighted by molar-refractivity contribution is 7.89. The summed E-state index contributed by atoms with van der Waals surface area (Å²) >= 11 is 0. The minimum absolute atomic E-state index is 0.0304. The first-order valence-electron chi connectivity index (χ1n) is 11.5. The van der Waals surface area contributed by atoms with Gasteiger partial charge in [0.15, 0.2) is 0 Å². The molecular formula is C25H23F5N4O3S. The molecule has 13 heteroatoms. The average molecular weight is 555 g/mol. The number of hydrogen-bond acceptors (Lipinski definition) is 5. The second-order valence-corrected chi connectivity index (χ2v) is 10.9. The highest BCUT2D eigenvalue weighted by atomic mass is 32.2. The van der Waals surface area contributed by atoms with Gasteiger partial charge in [0.25, 0.3) is 0 Å². The molecule has 0 saturated carbocycles. The molecule has 2 heterocycles. The summed E-state index contributed by atoms with van der Waals surface area (Å²) in [6.07, 6.45) is -2.56. The van der Waals surface area contributed by atoms with Gasteiger partial charge in [-0.15, -0.1) is 0 Å². The minimum Gasteiger partial charge on any atom is -0.351 e. The third-order valence-corrected chi connectivity index (χ3v) is 8.57. The van der Waals surface area contributed by atoms with E-state index in [0.717, 1.165) is 47.0 Å². The molecule has 1 aliphatic heterocycles. The van der Waals surface area contributed by atoms with Gasteiger partial charge in [-0.25, -0.2) is 27.2 Å². The fourth-order valence-corrected chi connectivity index (χ4v) is 6.22. The second kappa shape index (κ2) is 10.4. The molecule has 4 rings (SSSR count). The van der Waals surface area contributed by atoms with E-state index in [0.29, 0.717) is 5.56 Å². The van der Waals surface area contributed by atoms with Crippen LogP contribution in [0.4, 0.5) is 22.0 Å². The summed E-state index contributed by atoms with van der Waals surface area (Å²) in [6.45, 7) is 3.18. The monoisotopic (exact) mass is 554 g/mol. The molecule has 0 spiro atoms. The largest absolute Gasteiger partial charge is 0.451 e. The molecule has 38 heavy (non-hydrogen) atoms. The van der Waals surface area contributed by atoms with Crippen molar-refractivity contribution < 1.29 is 35.2 Å². The Bertz CT molecular complexity index is 1430. The van der Waals surface area contributed by atoms with Crippen molar-refractivity contribution in [3.63, 3.8) is 0 Å². The molecule has 1 fully saturated rings. The van der Waals surface area contributed by atoms with Crippen molar-refractivity contribution in [2.45, 2.75) is 50.0 Å². The van der Waals surface area contributed by atoms with Gasteiger partial charge in [-0.3, -0.25) is 4.79 Å². The van der Waals surface area contributed by atoms with E-state index in [2.05, 4.69) is 15.3 Å². The first-order chi connectivity index (χ1) is 17.8. The molecule has 1 aromatic heterocycles. The Balaban J connectivity index is 1.53. The fourth-order valence-electron chi connectivity index (χ4n) is 4.34. The first kappa shape index (κ1) is 27.6. The Kier molecular flexibility index (Phi) is 7.53. The predicted molar refractivity (Wildman–Crippen MR) is 127 cm³/mol. The SMILES string of the molecule is C[C@@H]1C[C@@H](C(=O)NCc2cc(-c3cnc(C(F)(F)F)nc3)ccc2F)N(S(=O)(=O)c2ccc(F)cc2)[C@H]1C. The summed E-state index contributed by atoms with van der Waals surface area (Å²) in [4.78, 5) is 19.6. The maximum Gasteiger partial charge on any atom is 0.451 e. The number of nitrogens with zero attached hydrogens (tertiary/aromatic N) is 3. The summed E-state index contributed by atoms with van der Waals surface area (Å²) in [7, 11) is -4.14. The van der Waals surface area contributed by atoms with E-state index in [9.17, 15) is 35.2 Å². The van der Waals surface area contributed by atoms with Crippen LogP contribution in [-0.2, 0) is 27.5 Å². The van der Waals surface area contributed by atoms with Crippen LogP contribution in [-0.4, -0.2) is 40.7 Å². The number of halogens is 5. The topological polar surface area (TPSA) is 92.3 Å². The molecule has 3 aromatic rings. The lowest BCUT2D eigenvalue weighted by atomic mass is 10.0. The Morgan fingerprint density at radius 3 is 2.26 bits per heavy atom. The van der Waals surface area contributed by atoms with Crippen molar-refractivity contribution in [2.75, 3.05) is 0 Å². The van der Waals surface area contributed by atoms with Crippen LogP contribution in [0.1, 0.15) is 31.7 Å². The fraction of sp³-hybridized carbons (Fsp3) is 0.320. The summed E-state index contributed by atoms with van der Waals surface area (Å²) in [5.74, 6) is -3.40. The molecule has 1 N–H and O–H groups in total. The highest BCUT2D eigenvalue weighted by Crippen LogP contribution is 2.35. The van der Waals surface area contributed by atoms with Gasteiger partial charge in [0.1, 0.15) is 17.7 Å². The number of nitrogens with one attached hydrogen (secondary N) is 1. The van der Waals surface area contributed by atoms with Gasteiger partial charge in [-0.1, -0.05) is 13.0 Å². The summed E-state index contributed by atoms with van der Waals surface area (Å²) in [5.41, 5.74) is 0.566. The van der Waals surface area contributed by atoms with Crippen molar-refractivity contribution in [2.24, 2.45) is 5.92 Å². The molecule has 1 amide bonds. The minimum atomic E-state index is -4.70. The number of carbonyl (C=O) groups is 1. The van der Waals surface area contributed by atoms with Crippen LogP contribution in [0.3, 0.4) is 0 Å². The van der Waals surface area contributed by atoms with Gasteiger partial charge >= 0.3 is 6.18 Å². The number of hydrogen-bond donors (Lipinski definition) is 1. The van der Waals surface area contributed by atoms with E-state index in [1.165, 1.54) is 12.1 Å². The molecule has 2 aromatic carbocycles. The third kappa shape index (κ3) is 5.53. The number of aromatic nitrogens is 2. The van der Waals surface area contributed by atoms with Crippen LogP contribution in [0, 0.1) is 17.6 Å². The smallest absolute Gasteiger partial charge is 0.351 e. The maximum absolute atomic E-state index is 14.5. The average Bonchev–Trinajstić information content (AvgIpc) is 3.18. The number of benzene rings is 2. The first-order valence-corrected chi connectivity index (χ1v) is 13.0. The van der Waals surface area contributed by atoms with Crippen molar-refractivity contribution >= 4 is 15.9 Å². The van der Waals surface area contributed by atoms with Crippen LogP contribution in [0.5, 0.6) is 0 Å². The Morgan fingerprint density at radius 1 is 1.03 bits per heavy atom. The van der Waals surface area contributed by atoms with Crippen LogP contribution in [0.25, 0.3) is 11.1 Å². The van der Waals surface area contributed by atoms with Gasteiger partial charge in [0, 0.05) is 36.1 Å². The van der Waals surface area contributed by atoms with Gasteiger partial charge in [-0.05, 0) is 61.2 Å². The Morgan fingerprint density at radius 2 is 1.66 bits per heavy atom. The third-order valence-electron chi connectivity index (χ3n) is 6.56. The van der Waals surface area contributed by atoms with Gasteiger partial charge in [0.2, 0.25) is 21.8 Å². The number of amides is 1. The van der Waals surface area contributed by atoms with E-state index in [4.69, 9.17) is 0 Å². The summed E-state index contributed by atoms with van der Waals surface area (Å²) in [6, 6.07) is 6.46. The van der Waals surface area contributed by atoms with E-state index < -0.39 is 51.6 Å². The molecule has 0 aliphatic carbocycles. The Labute approximate surface area is 215 Å². The zero-order chi connectivity index (χ0) is 27.8. The lowest BCUT2D eigenvalue weighted by molar-refractivity contribution is -0.145. The van der Waals surface area contributed by atoms with Crippen molar-refractivity contribution in [3.05, 3.63) is 77.9 Å². The number of rotatable bonds is 6. The molecule has 0 unspecified atom stereocenters. The summed E-state index contributed by atoms with van der Waals surface area (Å²) in [5, 5.41) is 2.57. The molecule has 0 bridgehead atoms. The van der Waals surface area contributed by atoms with E-state index in [1.807, 2.05) is 0 Å². The molecular weight excluding hydrogens is 531 g/mol. The van der Waals surface area contributed by atoms with Crippen molar-refractivity contribution in [3.8, 4) is 11.1 Å². The molecule has 202 valence electrons. The van der Waals surface area contributed by atoms with E-state index in [-0.39, 0.29) is 34.9 Å². The quantitative estimate of drug-likeness (QED) is 0.452. The van der Waals surface area contributed by atoms with Gasteiger partial charge < -0.3 is 5.32 Å². The number of sulfonamides is 1. The lowest BCUT2D eigenvalue weighted by Gasteiger charge is -2.27. The zero-order valence-electron chi connectivity index (χ0n) is 20.2. The van der Waals surface area contributed by atoms with Crippen LogP contribution in [0.2, 0.25) is 0 Å². The van der Waals surface area contributed by atoms with Gasteiger partial charge in [-0.2, -0.15) is 17.5 Å². The van der Waals surface area contributed by atoms with Crippen molar-refractivity contribution in [1.82, 2.24) is 19.6 Å². The second-order valence-electron chi connectivity index (χ2n) is 9.08. The maximum atomic E-state index is 14.5. The number of alkyl halides is 3. The highest BCUT2D eigenvalue weighted by Gasteiger charge is 2.47. The molecule has 1 saturated heterocycles. The van der Waals surface area contributed by atoms with E-state index >= 15 is 0 Å². The molecule has 3 atom stereocenters. The van der Waals surface area contributed by atoms with Gasteiger partial charge in [0.05, 0.1) is 4.90 Å². The number of carbonyl (C=O) groups excluding carboxylic acids is 1. The Hall–Kier alpha value is -3.45. The molecule has 7 nitrogen and oxygen atoms in total. The van der Waals surface area contributed by atoms with Crippen molar-refractivity contribution in [1.29, 1.82) is 0 Å².